The van der Waals surface area contributed by atoms with Gasteiger partial charge in [-0.25, -0.2) is 0 Å². The Balaban J connectivity index is 1.92. The van der Waals surface area contributed by atoms with E-state index >= 15 is 0 Å². The van der Waals surface area contributed by atoms with Gasteiger partial charge in [0.1, 0.15) is 0 Å². The smallest absolute Gasteiger partial charge is 0.310 e. The molecule has 4 nitrogen and oxygen atoms in total. The molecular weight excluding hydrogens is 218 g/mol. The van der Waals surface area contributed by atoms with E-state index in [1.54, 1.807) is 0 Å². The van der Waals surface area contributed by atoms with Crippen LogP contribution in [0.5, 0.6) is 0 Å². The molecule has 0 aromatic rings. The molecule has 1 aliphatic heterocycles. The summed E-state index contributed by atoms with van der Waals surface area (Å²) in [6.45, 7) is 1.68. The van der Waals surface area contributed by atoms with E-state index in [2.05, 4.69) is 4.90 Å². The van der Waals surface area contributed by atoms with Crippen LogP contribution in [0.15, 0.2) is 0 Å². The highest BCUT2D eigenvalue weighted by Gasteiger charge is 2.35. The normalized spacial score (nSPS) is 35.5. The molecule has 3 atom stereocenters. The first-order chi connectivity index (χ1) is 8.22. The predicted octanol–water partition coefficient (Wildman–Crippen LogP) is 1.17. The van der Waals surface area contributed by atoms with E-state index in [0.717, 1.165) is 38.8 Å². The van der Waals surface area contributed by atoms with Crippen LogP contribution in [-0.4, -0.2) is 48.3 Å². The summed E-state index contributed by atoms with van der Waals surface area (Å²) in [6, 6.07) is 0.257. The highest BCUT2D eigenvalue weighted by atomic mass is 16.5. The molecule has 0 bridgehead atoms. The van der Waals surface area contributed by atoms with Crippen LogP contribution in [0.1, 0.15) is 38.5 Å². The SMILES string of the molecule is COC(=O)C1CCN(C2CCCCCC2O)C1. The molecule has 3 unspecified atom stereocenters. The van der Waals surface area contributed by atoms with Gasteiger partial charge in [-0.05, 0) is 25.8 Å². The van der Waals surface area contributed by atoms with Gasteiger partial charge in [-0.1, -0.05) is 19.3 Å². The monoisotopic (exact) mass is 241 g/mol. The summed E-state index contributed by atoms with van der Waals surface area (Å²) in [5.74, 6) is -0.0916. The molecular formula is C13H23NO3. The van der Waals surface area contributed by atoms with Crippen LogP contribution >= 0.6 is 0 Å². The molecule has 1 saturated carbocycles. The van der Waals surface area contributed by atoms with Crippen LogP contribution in [0.4, 0.5) is 0 Å². The second-order valence-corrected chi connectivity index (χ2v) is 5.28. The number of rotatable bonds is 2. The molecule has 0 spiro atoms. The minimum absolute atomic E-state index is 0.00968. The largest absolute Gasteiger partial charge is 0.469 e. The molecule has 98 valence electrons. The van der Waals surface area contributed by atoms with Crippen molar-refractivity contribution in [2.45, 2.75) is 50.7 Å². The number of esters is 1. The maximum atomic E-state index is 11.5. The Kier molecular flexibility index (Phi) is 4.40. The molecule has 1 aliphatic carbocycles. The van der Waals surface area contributed by atoms with Crippen molar-refractivity contribution in [3.05, 3.63) is 0 Å². The van der Waals surface area contributed by atoms with E-state index in [1.165, 1.54) is 20.0 Å². The zero-order chi connectivity index (χ0) is 12.3. The van der Waals surface area contributed by atoms with Crippen LogP contribution in [0.2, 0.25) is 0 Å². The molecule has 0 radical (unpaired) electrons. The molecule has 1 N–H and O–H groups in total. The van der Waals surface area contributed by atoms with Crippen molar-refractivity contribution >= 4 is 5.97 Å². The van der Waals surface area contributed by atoms with Crippen molar-refractivity contribution in [1.29, 1.82) is 0 Å². The van der Waals surface area contributed by atoms with E-state index < -0.39 is 0 Å². The standard InChI is InChI=1S/C13H23NO3/c1-17-13(16)10-7-8-14(9-10)11-5-3-2-4-6-12(11)15/h10-12,15H,2-9H2,1H3. The molecule has 17 heavy (non-hydrogen) atoms. The van der Waals surface area contributed by atoms with Gasteiger partial charge in [0.05, 0.1) is 19.1 Å². The third-order valence-electron chi connectivity index (χ3n) is 4.17. The third kappa shape index (κ3) is 2.99. The average Bonchev–Trinajstić information content (AvgIpc) is 2.72. The number of methoxy groups -OCH3 is 1. The van der Waals surface area contributed by atoms with Gasteiger partial charge in [-0.15, -0.1) is 0 Å². The van der Waals surface area contributed by atoms with Gasteiger partial charge in [0, 0.05) is 12.6 Å². The fraction of sp³-hybridized carbons (Fsp3) is 0.923. The lowest BCUT2D eigenvalue weighted by Crippen LogP contribution is -2.42. The Morgan fingerprint density at radius 3 is 2.76 bits per heavy atom. The quantitative estimate of drug-likeness (QED) is 0.582. The van der Waals surface area contributed by atoms with E-state index in [9.17, 15) is 9.90 Å². The van der Waals surface area contributed by atoms with Gasteiger partial charge >= 0.3 is 5.97 Å². The summed E-state index contributed by atoms with van der Waals surface area (Å²) in [7, 11) is 1.45. The number of aliphatic hydroxyl groups is 1. The number of hydrogen-bond acceptors (Lipinski definition) is 4. The number of hydrogen-bond donors (Lipinski definition) is 1. The van der Waals surface area contributed by atoms with Crippen LogP contribution in [0.25, 0.3) is 0 Å². The summed E-state index contributed by atoms with van der Waals surface area (Å²) >= 11 is 0. The molecule has 0 aromatic heterocycles. The number of carbonyl (C=O) groups excluding carboxylic acids is 1. The van der Waals surface area contributed by atoms with Crippen LogP contribution in [0, 0.1) is 5.92 Å². The van der Waals surface area contributed by atoms with Crippen molar-refractivity contribution in [2.24, 2.45) is 5.92 Å². The zero-order valence-corrected chi connectivity index (χ0v) is 10.6. The zero-order valence-electron chi connectivity index (χ0n) is 10.6. The molecule has 2 rings (SSSR count). The van der Waals surface area contributed by atoms with E-state index in [0.29, 0.717) is 0 Å². The Bertz CT molecular complexity index is 269. The average molecular weight is 241 g/mol. The third-order valence-corrected chi connectivity index (χ3v) is 4.17. The first-order valence-corrected chi connectivity index (χ1v) is 6.72. The maximum absolute atomic E-state index is 11.5. The van der Waals surface area contributed by atoms with E-state index in [1.807, 2.05) is 0 Å². The van der Waals surface area contributed by atoms with Crippen molar-refractivity contribution in [1.82, 2.24) is 4.90 Å². The van der Waals surface area contributed by atoms with Crippen molar-refractivity contribution < 1.29 is 14.6 Å². The van der Waals surface area contributed by atoms with Gasteiger partial charge in [0.2, 0.25) is 0 Å². The fourth-order valence-corrected chi connectivity index (χ4v) is 3.14. The van der Waals surface area contributed by atoms with Gasteiger partial charge in [0.25, 0.3) is 0 Å². The van der Waals surface area contributed by atoms with Crippen molar-refractivity contribution in [3.63, 3.8) is 0 Å². The maximum Gasteiger partial charge on any atom is 0.310 e. The summed E-state index contributed by atoms with van der Waals surface area (Å²) in [6.07, 6.45) is 6.18. The lowest BCUT2D eigenvalue weighted by Gasteiger charge is -2.30. The minimum Gasteiger partial charge on any atom is -0.469 e. The van der Waals surface area contributed by atoms with E-state index in [4.69, 9.17) is 4.74 Å². The Morgan fingerprint density at radius 1 is 1.24 bits per heavy atom. The molecule has 0 amide bonds. The van der Waals surface area contributed by atoms with E-state index in [-0.39, 0.29) is 24.0 Å². The van der Waals surface area contributed by atoms with Crippen LogP contribution in [0.3, 0.4) is 0 Å². The number of carbonyl (C=O) groups is 1. The highest BCUT2D eigenvalue weighted by Crippen LogP contribution is 2.27. The van der Waals surface area contributed by atoms with Crippen LogP contribution in [-0.2, 0) is 9.53 Å². The first-order valence-electron chi connectivity index (χ1n) is 6.72. The number of nitrogens with zero attached hydrogens (tertiary/aromatic N) is 1. The number of ether oxygens (including phenoxy) is 1. The minimum atomic E-state index is -0.214. The summed E-state index contributed by atoms with van der Waals surface area (Å²) in [5, 5.41) is 10.1. The second-order valence-electron chi connectivity index (χ2n) is 5.28. The Labute approximate surface area is 103 Å². The van der Waals surface area contributed by atoms with Gasteiger partial charge in [0.15, 0.2) is 0 Å². The van der Waals surface area contributed by atoms with Gasteiger partial charge in [-0.2, -0.15) is 0 Å². The first kappa shape index (κ1) is 12.8. The topological polar surface area (TPSA) is 49.8 Å². The fourth-order valence-electron chi connectivity index (χ4n) is 3.14. The molecule has 2 fully saturated rings. The summed E-state index contributed by atoms with van der Waals surface area (Å²) in [5.41, 5.74) is 0. The Hall–Kier alpha value is -0.610. The van der Waals surface area contributed by atoms with Crippen molar-refractivity contribution in [3.8, 4) is 0 Å². The second kappa shape index (κ2) is 5.83. The number of likely N-dealkylation sites (tertiary alicyclic amines) is 1. The predicted molar refractivity (Wildman–Crippen MR) is 64.6 cm³/mol. The molecule has 2 aliphatic rings. The summed E-state index contributed by atoms with van der Waals surface area (Å²) < 4.78 is 4.79. The molecule has 0 aromatic carbocycles. The lowest BCUT2D eigenvalue weighted by molar-refractivity contribution is -0.145. The van der Waals surface area contributed by atoms with Crippen LogP contribution < -0.4 is 0 Å². The number of aliphatic hydroxyl groups excluding tert-OH is 1. The lowest BCUT2D eigenvalue weighted by atomic mass is 10.0. The van der Waals surface area contributed by atoms with Gasteiger partial charge < -0.3 is 9.84 Å². The molecule has 1 heterocycles. The Morgan fingerprint density at radius 2 is 2.00 bits per heavy atom. The summed E-state index contributed by atoms with van der Waals surface area (Å²) in [4.78, 5) is 13.8. The van der Waals surface area contributed by atoms with Gasteiger partial charge in [-0.3, -0.25) is 9.69 Å². The molecule has 4 heteroatoms. The molecule has 1 saturated heterocycles. The van der Waals surface area contributed by atoms with Crippen molar-refractivity contribution in [2.75, 3.05) is 20.2 Å². The highest BCUT2D eigenvalue weighted by molar-refractivity contribution is 5.72.